The molecule has 88 valence electrons. The van der Waals surface area contributed by atoms with E-state index < -0.39 is 0 Å². The molecule has 0 saturated carbocycles. The molecule has 2 heterocycles. The summed E-state index contributed by atoms with van der Waals surface area (Å²) in [4.78, 5) is 10.7. The first-order valence-electron chi connectivity index (χ1n) is 5.45. The Labute approximate surface area is 95.4 Å². The number of anilines is 1. The molecule has 1 aliphatic heterocycles. The summed E-state index contributed by atoms with van der Waals surface area (Å²) < 4.78 is 10.7. The monoisotopic (exact) mass is 223 g/mol. The molecule has 0 bridgehead atoms. The average Bonchev–Trinajstić information content (AvgIpc) is 2.28. The third kappa shape index (κ3) is 2.41. The number of methoxy groups -OCH3 is 1. The van der Waals surface area contributed by atoms with Crippen LogP contribution in [0.15, 0.2) is 12.4 Å². The van der Waals surface area contributed by atoms with Gasteiger partial charge in [0, 0.05) is 13.1 Å². The van der Waals surface area contributed by atoms with Gasteiger partial charge in [-0.05, 0) is 13.8 Å². The molecule has 0 radical (unpaired) electrons. The van der Waals surface area contributed by atoms with Crippen LogP contribution in [0.2, 0.25) is 0 Å². The maximum Gasteiger partial charge on any atom is 0.225 e. The first-order chi connectivity index (χ1) is 7.69. The lowest BCUT2D eigenvalue weighted by molar-refractivity contribution is -0.00572. The molecular weight excluding hydrogens is 206 g/mol. The molecule has 0 N–H and O–H groups in total. The minimum Gasteiger partial charge on any atom is -0.494 e. The Hall–Kier alpha value is -1.36. The van der Waals surface area contributed by atoms with Gasteiger partial charge in [-0.15, -0.1) is 0 Å². The molecule has 1 aliphatic rings. The highest BCUT2D eigenvalue weighted by atomic mass is 16.5. The molecule has 1 aromatic heterocycles. The summed E-state index contributed by atoms with van der Waals surface area (Å²) in [5.74, 6) is 1.42. The summed E-state index contributed by atoms with van der Waals surface area (Å²) in [6.07, 6.45) is 3.81. The van der Waals surface area contributed by atoms with Gasteiger partial charge in [-0.25, -0.2) is 9.97 Å². The third-order valence-corrected chi connectivity index (χ3v) is 2.55. The van der Waals surface area contributed by atoms with Crippen LogP contribution < -0.4 is 9.64 Å². The second kappa shape index (κ2) is 4.65. The Bertz CT molecular complexity index is 332. The van der Waals surface area contributed by atoms with Gasteiger partial charge in [0.2, 0.25) is 5.95 Å². The average molecular weight is 223 g/mol. The van der Waals surface area contributed by atoms with Crippen molar-refractivity contribution in [1.29, 1.82) is 0 Å². The molecule has 0 aliphatic carbocycles. The zero-order chi connectivity index (χ0) is 11.5. The van der Waals surface area contributed by atoms with Crippen LogP contribution >= 0.6 is 0 Å². The second-order valence-corrected chi connectivity index (χ2v) is 4.09. The molecule has 0 aromatic carbocycles. The van der Waals surface area contributed by atoms with Crippen molar-refractivity contribution >= 4 is 5.95 Å². The van der Waals surface area contributed by atoms with Gasteiger partial charge in [0.15, 0.2) is 5.75 Å². The van der Waals surface area contributed by atoms with E-state index >= 15 is 0 Å². The summed E-state index contributed by atoms with van der Waals surface area (Å²) in [6, 6.07) is 0. The van der Waals surface area contributed by atoms with Gasteiger partial charge in [-0.1, -0.05) is 0 Å². The first kappa shape index (κ1) is 11.1. The highest BCUT2D eigenvalue weighted by Gasteiger charge is 2.23. The van der Waals surface area contributed by atoms with Crippen molar-refractivity contribution in [1.82, 2.24) is 9.97 Å². The topological polar surface area (TPSA) is 47.5 Å². The van der Waals surface area contributed by atoms with Crippen molar-refractivity contribution in [2.24, 2.45) is 0 Å². The van der Waals surface area contributed by atoms with Crippen molar-refractivity contribution in [3.8, 4) is 5.75 Å². The van der Waals surface area contributed by atoms with Crippen LogP contribution in [-0.4, -0.2) is 42.4 Å². The zero-order valence-electron chi connectivity index (χ0n) is 9.88. The fraction of sp³-hybridized carbons (Fsp3) is 0.636. The largest absolute Gasteiger partial charge is 0.494 e. The standard InChI is InChI=1S/C11H17N3O2/c1-8-6-14(7-9(2)16-8)11-12-4-10(15-3)5-13-11/h4-5,8-9H,6-7H2,1-3H3. The Morgan fingerprint density at radius 2 is 1.81 bits per heavy atom. The van der Waals surface area contributed by atoms with Crippen LogP contribution in [0.5, 0.6) is 5.75 Å². The normalized spacial score (nSPS) is 25.6. The Kier molecular flexibility index (Phi) is 3.24. The highest BCUT2D eigenvalue weighted by Crippen LogP contribution is 2.17. The van der Waals surface area contributed by atoms with Crippen LogP contribution in [0.25, 0.3) is 0 Å². The summed E-state index contributed by atoms with van der Waals surface area (Å²) in [5, 5.41) is 0. The lowest BCUT2D eigenvalue weighted by Crippen LogP contribution is -2.46. The van der Waals surface area contributed by atoms with Crippen molar-refractivity contribution in [3.05, 3.63) is 12.4 Å². The Morgan fingerprint density at radius 1 is 1.25 bits per heavy atom. The van der Waals surface area contributed by atoms with Crippen molar-refractivity contribution in [2.75, 3.05) is 25.1 Å². The molecule has 5 nitrogen and oxygen atoms in total. The van der Waals surface area contributed by atoms with Crippen molar-refractivity contribution in [2.45, 2.75) is 26.1 Å². The summed E-state index contributed by atoms with van der Waals surface area (Å²) in [6.45, 7) is 5.78. The van der Waals surface area contributed by atoms with Crippen LogP contribution in [-0.2, 0) is 4.74 Å². The van der Waals surface area contributed by atoms with Gasteiger partial charge in [0.1, 0.15) is 0 Å². The molecule has 2 atom stereocenters. The highest BCUT2D eigenvalue weighted by molar-refractivity contribution is 5.32. The van der Waals surface area contributed by atoms with Gasteiger partial charge in [-0.2, -0.15) is 0 Å². The Balaban J connectivity index is 2.10. The van der Waals surface area contributed by atoms with Gasteiger partial charge in [-0.3, -0.25) is 0 Å². The minimum atomic E-state index is 0.217. The fourth-order valence-electron chi connectivity index (χ4n) is 1.92. The maximum absolute atomic E-state index is 5.66. The van der Waals surface area contributed by atoms with E-state index in [-0.39, 0.29) is 12.2 Å². The first-order valence-corrected chi connectivity index (χ1v) is 5.45. The number of hydrogen-bond donors (Lipinski definition) is 0. The van der Waals surface area contributed by atoms with E-state index in [2.05, 4.69) is 28.7 Å². The van der Waals surface area contributed by atoms with Crippen molar-refractivity contribution in [3.63, 3.8) is 0 Å². The van der Waals surface area contributed by atoms with Gasteiger partial charge < -0.3 is 14.4 Å². The SMILES string of the molecule is COc1cnc(N2CC(C)OC(C)C2)nc1. The molecule has 1 saturated heterocycles. The number of hydrogen-bond acceptors (Lipinski definition) is 5. The van der Waals surface area contributed by atoms with E-state index in [0.717, 1.165) is 19.0 Å². The molecule has 0 spiro atoms. The molecule has 1 aromatic rings. The number of nitrogens with zero attached hydrogens (tertiary/aromatic N) is 3. The van der Waals surface area contributed by atoms with Crippen LogP contribution in [0, 0.1) is 0 Å². The third-order valence-electron chi connectivity index (χ3n) is 2.55. The Morgan fingerprint density at radius 3 is 2.31 bits per heavy atom. The predicted molar refractivity (Wildman–Crippen MR) is 60.8 cm³/mol. The number of rotatable bonds is 2. The van der Waals surface area contributed by atoms with Gasteiger partial charge in [0.25, 0.3) is 0 Å². The van der Waals surface area contributed by atoms with E-state index in [1.807, 2.05) is 0 Å². The minimum absolute atomic E-state index is 0.217. The zero-order valence-corrected chi connectivity index (χ0v) is 9.88. The van der Waals surface area contributed by atoms with Gasteiger partial charge >= 0.3 is 0 Å². The smallest absolute Gasteiger partial charge is 0.225 e. The predicted octanol–water partition coefficient (Wildman–Crippen LogP) is 1.10. The summed E-state index contributed by atoms with van der Waals surface area (Å²) in [5.41, 5.74) is 0. The van der Waals surface area contributed by atoms with Gasteiger partial charge in [0.05, 0.1) is 31.7 Å². The molecule has 1 fully saturated rings. The molecular formula is C11H17N3O2. The molecule has 5 heteroatoms. The van der Waals surface area contributed by atoms with Crippen molar-refractivity contribution < 1.29 is 9.47 Å². The number of aromatic nitrogens is 2. The van der Waals surface area contributed by atoms with Crippen LogP contribution in [0.1, 0.15) is 13.8 Å². The van der Waals surface area contributed by atoms with E-state index in [1.54, 1.807) is 19.5 Å². The maximum atomic E-state index is 5.66. The van der Waals surface area contributed by atoms with E-state index in [0.29, 0.717) is 5.75 Å². The van der Waals surface area contributed by atoms with Crippen LogP contribution in [0.3, 0.4) is 0 Å². The molecule has 0 amide bonds. The number of ether oxygens (including phenoxy) is 2. The second-order valence-electron chi connectivity index (χ2n) is 4.09. The summed E-state index contributed by atoms with van der Waals surface area (Å²) >= 11 is 0. The van der Waals surface area contributed by atoms with Crippen LogP contribution in [0.4, 0.5) is 5.95 Å². The lowest BCUT2D eigenvalue weighted by Gasteiger charge is -2.35. The van der Waals surface area contributed by atoms with E-state index in [4.69, 9.17) is 9.47 Å². The lowest BCUT2D eigenvalue weighted by atomic mass is 10.2. The fourth-order valence-corrected chi connectivity index (χ4v) is 1.92. The summed E-state index contributed by atoms with van der Waals surface area (Å²) in [7, 11) is 1.61. The van der Waals surface area contributed by atoms with E-state index in [9.17, 15) is 0 Å². The molecule has 2 unspecified atom stereocenters. The van der Waals surface area contributed by atoms with E-state index in [1.165, 1.54) is 0 Å². The number of morpholine rings is 1. The molecule has 2 rings (SSSR count). The quantitative estimate of drug-likeness (QED) is 0.751. The molecule has 16 heavy (non-hydrogen) atoms.